The lowest BCUT2D eigenvalue weighted by Crippen LogP contribution is -2.54. The van der Waals surface area contributed by atoms with Crippen molar-refractivity contribution < 1.29 is 22.3 Å². The fraction of sp³-hybridized carbons (Fsp3) is 0.308. The zero-order valence-corrected chi connectivity index (χ0v) is 20.4. The predicted molar refractivity (Wildman–Crippen MR) is 131 cm³/mol. The van der Waals surface area contributed by atoms with Gasteiger partial charge in [-0.2, -0.15) is 18.4 Å². The average Bonchev–Trinajstić information content (AvgIpc) is 3.73. The molecule has 1 saturated carbocycles. The Morgan fingerprint density at radius 3 is 2.51 bits per heavy atom. The van der Waals surface area contributed by atoms with Crippen LogP contribution in [0.4, 0.5) is 23.5 Å². The summed E-state index contributed by atoms with van der Waals surface area (Å²) in [5.41, 5.74) is -1.43. The molecule has 1 aliphatic heterocycles. The number of halogens is 4. The number of fused-ring (bicyclic) bond motifs is 1. The normalized spacial score (nSPS) is 15.7. The average molecular weight is 537 g/mol. The maximum atomic E-state index is 15.0. The van der Waals surface area contributed by atoms with Gasteiger partial charge >= 0.3 is 6.18 Å². The van der Waals surface area contributed by atoms with Crippen molar-refractivity contribution in [3.63, 3.8) is 0 Å². The number of rotatable bonds is 5. The van der Waals surface area contributed by atoms with Crippen LogP contribution in [0.5, 0.6) is 5.75 Å². The predicted octanol–water partition coefficient (Wildman–Crippen LogP) is 3.96. The number of hydrogen-bond donors (Lipinski definition) is 0. The summed E-state index contributed by atoms with van der Waals surface area (Å²) in [5.74, 6) is -1.20. The molecule has 4 aromatic rings. The summed E-state index contributed by atoms with van der Waals surface area (Å²) in [5, 5.41) is 9.07. The first-order valence-electron chi connectivity index (χ1n) is 12.1. The van der Waals surface area contributed by atoms with Crippen LogP contribution in [0.1, 0.15) is 35.8 Å². The molecule has 9 nitrogen and oxygen atoms in total. The molecule has 0 spiro atoms. The van der Waals surface area contributed by atoms with Crippen LogP contribution < -0.4 is 15.2 Å². The zero-order chi connectivity index (χ0) is 27.5. The Kier molecular flexibility index (Phi) is 5.71. The van der Waals surface area contributed by atoms with Gasteiger partial charge in [0.2, 0.25) is 11.8 Å². The Morgan fingerprint density at radius 1 is 1.08 bits per heavy atom. The number of benzene rings is 1. The van der Waals surface area contributed by atoms with Crippen LogP contribution in [0.25, 0.3) is 22.3 Å². The van der Waals surface area contributed by atoms with Crippen molar-refractivity contribution in [2.75, 3.05) is 18.0 Å². The van der Waals surface area contributed by atoms with E-state index in [0.29, 0.717) is 29.3 Å². The van der Waals surface area contributed by atoms with Gasteiger partial charge in [-0.3, -0.25) is 14.3 Å². The molecule has 6 rings (SSSR count). The summed E-state index contributed by atoms with van der Waals surface area (Å²) in [7, 11) is 0.944. The Hall–Kier alpha value is -4.60. The van der Waals surface area contributed by atoms with E-state index in [4.69, 9.17) is 10.00 Å². The molecule has 3 aromatic heterocycles. The van der Waals surface area contributed by atoms with Gasteiger partial charge < -0.3 is 9.64 Å². The van der Waals surface area contributed by atoms with Crippen molar-refractivity contribution in [2.24, 2.45) is 7.05 Å². The number of alkyl halides is 3. The third-order valence-corrected chi connectivity index (χ3v) is 6.70. The SMILES string of the molecule is Cn1c(C(F)(F)F)nc2c(-c3ccc(C#N)cc3F)nc(N3CC(Oc4ccnc(C5CC5)c4)C3)nc2c1=O. The second kappa shape index (κ2) is 9.00. The van der Waals surface area contributed by atoms with Gasteiger partial charge in [0.1, 0.15) is 28.9 Å². The highest BCUT2D eigenvalue weighted by Crippen LogP contribution is 2.40. The molecular weight excluding hydrogens is 518 g/mol. The molecule has 198 valence electrons. The molecule has 39 heavy (non-hydrogen) atoms. The minimum atomic E-state index is -4.95. The first kappa shape index (κ1) is 24.7. The topological polar surface area (TPSA) is 110 Å². The van der Waals surface area contributed by atoms with Gasteiger partial charge in [-0.05, 0) is 37.1 Å². The van der Waals surface area contributed by atoms with Gasteiger partial charge in [0.05, 0.1) is 24.7 Å². The van der Waals surface area contributed by atoms with E-state index in [9.17, 15) is 18.0 Å². The van der Waals surface area contributed by atoms with Crippen LogP contribution in [0.3, 0.4) is 0 Å². The van der Waals surface area contributed by atoms with Gasteiger partial charge in [-0.25, -0.2) is 19.3 Å². The van der Waals surface area contributed by atoms with E-state index in [1.54, 1.807) is 23.2 Å². The number of pyridine rings is 1. The highest BCUT2D eigenvalue weighted by Gasteiger charge is 2.38. The Morgan fingerprint density at radius 2 is 1.85 bits per heavy atom. The first-order valence-corrected chi connectivity index (χ1v) is 12.1. The molecule has 0 atom stereocenters. The van der Waals surface area contributed by atoms with Crippen molar-refractivity contribution in [1.82, 2.24) is 24.5 Å². The molecule has 0 amide bonds. The summed E-state index contributed by atoms with van der Waals surface area (Å²) in [6.07, 6.45) is -1.28. The lowest BCUT2D eigenvalue weighted by molar-refractivity contribution is -0.147. The third kappa shape index (κ3) is 4.52. The fourth-order valence-electron chi connectivity index (χ4n) is 4.47. The summed E-state index contributed by atoms with van der Waals surface area (Å²) in [6, 6.07) is 8.93. The van der Waals surface area contributed by atoms with Crippen molar-refractivity contribution in [1.29, 1.82) is 5.26 Å². The second-order valence-electron chi connectivity index (χ2n) is 9.51. The van der Waals surface area contributed by atoms with Gasteiger partial charge in [0.15, 0.2) is 5.52 Å². The van der Waals surface area contributed by atoms with Crippen LogP contribution in [0.15, 0.2) is 41.3 Å². The summed E-state index contributed by atoms with van der Waals surface area (Å²) in [4.78, 5) is 31.2. The molecule has 1 aliphatic carbocycles. The van der Waals surface area contributed by atoms with E-state index in [1.165, 1.54) is 12.1 Å². The second-order valence-corrected chi connectivity index (χ2v) is 9.51. The van der Waals surface area contributed by atoms with Crippen molar-refractivity contribution >= 4 is 17.0 Å². The number of anilines is 1. The lowest BCUT2D eigenvalue weighted by Gasteiger charge is -2.39. The van der Waals surface area contributed by atoms with E-state index in [1.807, 2.05) is 6.07 Å². The molecule has 0 unspecified atom stereocenters. The van der Waals surface area contributed by atoms with Gasteiger partial charge in [-0.15, -0.1) is 0 Å². The number of nitrogens with zero attached hydrogens (tertiary/aromatic N) is 7. The Balaban J connectivity index is 1.38. The summed E-state index contributed by atoms with van der Waals surface area (Å²) in [6.45, 7) is 0.659. The van der Waals surface area contributed by atoms with Gasteiger partial charge in [0, 0.05) is 36.5 Å². The molecule has 4 heterocycles. The van der Waals surface area contributed by atoms with Crippen LogP contribution in [0, 0.1) is 17.1 Å². The number of nitriles is 1. The van der Waals surface area contributed by atoms with Gasteiger partial charge in [-0.1, -0.05) is 0 Å². The fourth-order valence-corrected chi connectivity index (χ4v) is 4.47. The molecule has 13 heteroatoms. The lowest BCUT2D eigenvalue weighted by atomic mass is 10.1. The van der Waals surface area contributed by atoms with E-state index in [2.05, 4.69) is 19.9 Å². The number of aromatic nitrogens is 5. The van der Waals surface area contributed by atoms with Crippen molar-refractivity contribution in [3.05, 3.63) is 69.8 Å². The third-order valence-electron chi connectivity index (χ3n) is 6.70. The largest absolute Gasteiger partial charge is 0.487 e. The van der Waals surface area contributed by atoms with E-state index < -0.39 is 28.9 Å². The molecule has 0 bridgehead atoms. The molecule has 2 fully saturated rings. The molecule has 0 radical (unpaired) electrons. The maximum absolute atomic E-state index is 15.0. The molecule has 0 N–H and O–H groups in total. The summed E-state index contributed by atoms with van der Waals surface area (Å²) >= 11 is 0. The zero-order valence-electron chi connectivity index (χ0n) is 20.4. The number of ether oxygens (including phenoxy) is 1. The van der Waals surface area contributed by atoms with Crippen LogP contribution in [-0.2, 0) is 13.2 Å². The smallest absolute Gasteiger partial charge is 0.449 e. The Labute approximate surface area is 218 Å². The van der Waals surface area contributed by atoms with Crippen LogP contribution in [-0.4, -0.2) is 43.7 Å². The minimum Gasteiger partial charge on any atom is -0.487 e. The Bertz CT molecular complexity index is 1720. The highest BCUT2D eigenvalue weighted by atomic mass is 19.4. The van der Waals surface area contributed by atoms with E-state index >= 15 is 4.39 Å². The number of hydrogen-bond acceptors (Lipinski definition) is 8. The van der Waals surface area contributed by atoms with Gasteiger partial charge in [0.25, 0.3) is 5.56 Å². The molecule has 1 aromatic carbocycles. The maximum Gasteiger partial charge on any atom is 0.449 e. The minimum absolute atomic E-state index is 0.0124. The van der Waals surface area contributed by atoms with Crippen molar-refractivity contribution in [3.8, 4) is 23.1 Å². The first-order chi connectivity index (χ1) is 18.6. The molecule has 1 saturated heterocycles. The quantitative estimate of drug-likeness (QED) is 0.352. The highest BCUT2D eigenvalue weighted by molar-refractivity contribution is 5.90. The standard InChI is InChI=1S/C26H19F4N7O2/c1-36-23(38)22-21(33-24(36)26(28,29)30)20(17-5-2-13(10-31)8-18(17)27)34-25(35-22)37-11-16(12-37)39-15-6-7-32-19(9-15)14-3-4-14/h2,5-9,14,16H,3-4,11-12H2,1H3. The van der Waals surface area contributed by atoms with Crippen molar-refractivity contribution in [2.45, 2.75) is 31.0 Å². The van der Waals surface area contributed by atoms with Crippen LogP contribution >= 0.6 is 0 Å². The molecule has 2 aliphatic rings. The summed E-state index contributed by atoms with van der Waals surface area (Å²) < 4.78 is 62.3. The van der Waals surface area contributed by atoms with E-state index in [0.717, 1.165) is 31.6 Å². The van der Waals surface area contributed by atoms with E-state index in [-0.39, 0.29) is 34.4 Å². The monoisotopic (exact) mass is 537 g/mol. The molecular formula is C26H19F4N7O2. The van der Waals surface area contributed by atoms with Crippen LogP contribution in [0.2, 0.25) is 0 Å².